The van der Waals surface area contributed by atoms with Gasteiger partial charge >= 0.3 is 6.18 Å². The number of alkyl halides is 3. The van der Waals surface area contributed by atoms with Crippen LogP contribution in [-0.4, -0.2) is 17.5 Å². The van der Waals surface area contributed by atoms with Crippen molar-refractivity contribution in [2.75, 3.05) is 7.11 Å². The van der Waals surface area contributed by atoms with Crippen molar-refractivity contribution in [1.29, 1.82) is 0 Å². The third-order valence-corrected chi connectivity index (χ3v) is 5.48. The molecule has 7 heteroatoms. The number of fused-ring (bicyclic) bond motifs is 3. The monoisotopic (exact) mass is 403 g/mol. The van der Waals surface area contributed by atoms with Crippen LogP contribution in [0.3, 0.4) is 0 Å². The lowest BCUT2D eigenvalue weighted by Crippen LogP contribution is -2.37. The summed E-state index contributed by atoms with van der Waals surface area (Å²) in [7, 11) is 1.53. The number of imidazole rings is 1. The number of benzene rings is 2. The van der Waals surface area contributed by atoms with E-state index in [1.807, 2.05) is 0 Å². The highest BCUT2D eigenvalue weighted by molar-refractivity contribution is 5.97. The Bertz CT molecular complexity index is 1070. The second-order valence-corrected chi connectivity index (χ2v) is 7.32. The summed E-state index contributed by atoms with van der Waals surface area (Å²) in [5, 5.41) is 0. The van der Waals surface area contributed by atoms with Gasteiger partial charge in [-0.05, 0) is 43.5 Å². The summed E-state index contributed by atoms with van der Waals surface area (Å²) >= 11 is 0. The van der Waals surface area contributed by atoms with E-state index in [2.05, 4.69) is 4.57 Å². The molecule has 0 unspecified atom stereocenters. The van der Waals surface area contributed by atoms with E-state index in [1.165, 1.54) is 13.2 Å². The van der Waals surface area contributed by atoms with Crippen molar-refractivity contribution in [2.45, 2.75) is 44.9 Å². The third-order valence-electron chi connectivity index (χ3n) is 5.48. The van der Waals surface area contributed by atoms with Crippen molar-refractivity contribution in [3.05, 3.63) is 59.4 Å². The second-order valence-electron chi connectivity index (χ2n) is 7.32. The molecular weight excluding hydrogens is 381 g/mol. The molecule has 2 aromatic carbocycles. The number of rotatable bonds is 4. The van der Waals surface area contributed by atoms with Crippen molar-refractivity contribution < 1.29 is 27.3 Å². The first-order valence-corrected chi connectivity index (χ1v) is 9.68. The lowest BCUT2D eigenvalue weighted by molar-refractivity contribution is -0.678. The Morgan fingerprint density at radius 3 is 2.72 bits per heavy atom. The van der Waals surface area contributed by atoms with Crippen molar-refractivity contribution in [2.24, 2.45) is 0 Å². The van der Waals surface area contributed by atoms with Crippen molar-refractivity contribution in [3.63, 3.8) is 0 Å². The second kappa shape index (κ2) is 7.54. The average molecular weight is 403 g/mol. The maximum absolute atomic E-state index is 13.3. The zero-order valence-corrected chi connectivity index (χ0v) is 16.1. The molecule has 4 nitrogen and oxygen atoms in total. The first-order valence-electron chi connectivity index (χ1n) is 9.68. The lowest BCUT2D eigenvalue weighted by atomic mass is 10.1. The van der Waals surface area contributed by atoms with Crippen LogP contribution in [0.1, 0.15) is 41.0 Å². The summed E-state index contributed by atoms with van der Waals surface area (Å²) in [5.74, 6) is 1.32. The normalized spacial score (nSPS) is 14.5. The number of ketones is 1. The Labute approximate surface area is 166 Å². The third kappa shape index (κ3) is 3.73. The van der Waals surface area contributed by atoms with Crippen LogP contribution in [-0.2, 0) is 25.7 Å². The van der Waals surface area contributed by atoms with E-state index in [0.717, 1.165) is 55.7 Å². The van der Waals surface area contributed by atoms with Gasteiger partial charge in [0.05, 0.1) is 19.2 Å². The van der Waals surface area contributed by atoms with Crippen LogP contribution in [0.4, 0.5) is 13.2 Å². The molecular formula is C22H22F3N2O2+. The standard InChI is InChI=1S/C22H22F3N2O2/c1-29-17-7-5-6-15(12-17)20(28)14-27-19-13-16(22(23,24)25)9-10-18(19)26-11-4-2-3-8-21(26)27/h5-7,9-10,12-13H,2-4,8,11,14H2,1H3/q+1. The molecule has 0 bridgehead atoms. The summed E-state index contributed by atoms with van der Waals surface area (Å²) in [4.78, 5) is 13.0. The predicted octanol–water partition coefficient (Wildman–Crippen LogP) is 4.57. The number of hydrogen-bond acceptors (Lipinski definition) is 2. The Hall–Kier alpha value is -2.83. The van der Waals surface area contributed by atoms with E-state index in [1.54, 1.807) is 28.8 Å². The molecule has 0 atom stereocenters. The highest BCUT2D eigenvalue weighted by Gasteiger charge is 2.34. The van der Waals surface area contributed by atoms with E-state index < -0.39 is 11.7 Å². The van der Waals surface area contributed by atoms with E-state index in [9.17, 15) is 18.0 Å². The smallest absolute Gasteiger partial charge is 0.416 e. The van der Waals surface area contributed by atoms with Crippen LogP contribution in [0.5, 0.6) is 5.75 Å². The van der Waals surface area contributed by atoms with Gasteiger partial charge in [0.2, 0.25) is 5.78 Å². The van der Waals surface area contributed by atoms with Crippen molar-refractivity contribution in [3.8, 4) is 5.75 Å². The Balaban J connectivity index is 1.82. The van der Waals surface area contributed by atoms with Gasteiger partial charge in [-0.25, -0.2) is 9.13 Å². The molecule has 29 heavy (non-hydrogen) atoms. The maximum Gasteiger partial charge on any atom is 0.416 e. The van der Waals surface area contributed by atoms with Crippen molar-refractivity contribution in [1.82, 2.24) is 4.57 Å². The SMILES string of the molecule is COc1cccc(C(=O)Cn2c3[n+](c4ccc(C(F)(F)F)cc42)CCCCC3)c1. The number of carbonyl (C=O) groups excluding carboxylic acids is 1. The first-order chi connectivity index (χ1) is 13.9. The van der Waals surface area contributed by atoms with Gasteiger partial charge in [0.15, 0.2) is 17.6 Å². The number of hydrogen-bond donors (Lipinski definition) is 0. The zero-order valence-electron chi connectivity index (χ0n) is 16.1. The molecule has 1 aromatic heterocycles. The van der Waals surface area contributed by atoms with Gasteiger partial charge in [-0.15, -0.1) is 0 Å². The molecule has 0 saturated heterocycles. The first kappa shape index (κ1) is 19.5. The fraction of sp³-hybridized carbons (Fsp3) is 0.364. The number of methoxy groups -OCH3 is 1. The van der Waals surface area contributed by atoms with Gasteiger partial charge in [-0.2, -0.15) is 13.2 Å². The minimum Gasteiger partial charge on any atom is -0.497 e. The van der Waals surface area contributed by atoms with Gasteiger partial charge in [-0.1, -0.05) is 12.1 Å². The number of aromatic nitrogens is 2. The molecule has 1 aliphatic heterocycles. The molecule has 0 aliphatic carbocycles. The molecule has 0 saturated carbocycles. The Morgan fingerprint density at radius 1 is 1.14 bits per heavy atom. The summed E-state index contributed by atoms with van der Waals surface area (Å²) in [6, 6.07) is 10.6. The molecule has 0 N–H and O–H groups in total. The Morgan fingerprint density at radius 2 is 1.97 bits per heavy atom. The van der Waals surface area contributed by atoms with Crippen LogP contribution >= 0.6 is 0 Å². The lowest BCUT2D eigenvalue weighted by Gasteiger charge is -2.07. The molecule has 0 spiro atoms. The number of aryl methyl sites for hydroxylation is 1. The highest BCUT2D eigenvalue weighted by Crippen LogP contribution is 2.32. The fourth-order valence-corrected chi connectivity index (χ4v) is 4.03. The average Bonchev–Trinajstić information content (AvgIpc) is 2.86. The molecule has 152 valence electrons. The number of nitrogens with zero attached hydrogens (tertiary/aromatic N) is 2. The number of Topliss-reactive ketones (excluding diaryl/α,β-unsaturated/α-hetero) is 1. The summed E-state index contributed by atoms with van der Waals surface area (Å²) < 4.78 is 48.9. The van der Waals surface area contributed by atoms with Gasteiger partial charge in [0.1, 0.15) is 5.75 Å². The molecule has 3 aromatic rings. The van der Waals surface area contributed by atoms with Crippen LogP contribution in [0.2, 0.25) is 0 Å². The van der Waals surface area contributed by atoms with Gasteiger partial charge in [0, 0.05) is 18.1 Å². The fourth-order valence-electron chi connectivity index (χ4n) is 4.03. The molecule has 0 radical (unpaired) electrons. The minimum absolute atomic E-state index is 0.00664. The van der Waals surface area contributed by atoms with Crippen LogP contribution in [0, 0.1) is 0 Å². The maximum atomic E-state index is 13.3. The number of halogens is 3. The van der Waals surface area contributed by atoms with E-state index in [4.69, 9.17) is 4.74 Å². The quantitative estimate of drug-likeness (QED) is 0.473. The molecule has 2 heterocycles. The number of carbonyl (C=O) groups is 1. The Kier molecular flexibility index (Phi) is 5.06. The molecule has 4 rings (SSSR count). The predicted molar refractivity (Wildman–Crippen MR) is 102 cm³/mol. The summed E-state index contributed by atoms with van der Waals surface area (Å²) in [6.45, 7) is 0.741. The van der Waals surface area contributed by atoms with Gasteiger partial charge in [0.25, 0.3) is 5.82 Å². The summed E-state index contributed by atoms with van der Waals surface area (Å²) in [5.41, 5.74) is 0.972. The summed E-state index contributed by atoms with van der Waals surface area (Å²) in [6.07, 6.45) is -0.700. The zero-order chi connectivity index (χ0) is 20.6. The van der Waals surface area contributed by atoms with E-state index in [0.29, 0.717) is 16.8 Å². The van der Waals surface area contributed by atoms with Crippen LogP contribution < -0.4 is 9.30 Å². The highest BCUT2D eigenvalue weighted by atomic mass is 19.4. The minimum atomic E-state index is -4.43. The van der Waals surface area contributed by atoms with E-state index in [-0.39, 0.29) is 12.3 Å². The molecule has 0 amide bonds. The van der Waals surface area contributed by atoms with Crippen LogP contribution in [0.25, 0.3) is 11.0 Å². The van der Waals surface area contributed by atoms with Gasteiger partial charge < -0.3 is 4.74 Å². The molecule has 1 aliphatic rings. The van der Waals surface area contributed by atoms with E-state index >= 15 is 0 Å². The van der Waals surface area contributed by atoms with Crippen LogP contribution in [0.15, 0.2) is 42.5 Å². The number of ether oxygens (including phenoxy) is 1. The largest absolute Gasteiger partial charge is 0.497 e. The van der Waals surface area contributed by atoms with Gasteiger partial charge in [-0.3, -0.25) is 4.79 Å². The molecule has 0 fully saturated rings. The topological polar surface area (TPSA) is 35.1 Å². The van der Waals surface area contributed by atoms with Crippen molar-refractivity contribution >= 4 is 16.8 Å².